The van der Waals surface area contributed by atoms with Gasteiger partial charge in [0.2, 0.25) is 5.89 Å². The Morgan fingerprint density at radius 2 is 2.10 bits per heavy atom. The van der Waals surface area contributed by atoms with E-state index in [9.17, 15) is 4.79 Å². The largest absolute Gasteiger partial charge is 0.480 e. The van der Waals surface area contributed by atoms with Gasteiger partial charge in [0.15, 0.2) is 5.76 Å². The van der Waals surface area contributed by atoms with E-state index in [1.54, 1.807) is 6.20 Å². The zero-order valence-corrected chi connectivity index (χ0v) is 12.2. The third kappa shape index (κ3) is 3.92. The highest BCUT2D eigenvalue weighted by atomic mass is 16.4. The number of benzene rings is 1. The predicted molar refractivity (Wildman–Crippen MR) is 79.8 cm³/mol. The molecule has 0 spiro atoms. The Balaban J connectivity index is 2.08. The Labute approximate surface area is 124 Å². The Morgan fingerprint density at radius 1 is 1.38 bits per heavy atom. The maximum Gasteiger partial charge on any atom is 0.320 e. The Hall–Kier alpha value is -2.14. The summed E-state index contributed by atoms with van der Waals surface area (Å²) < 4.78 is 5.72. The van der Waals surface area contributed by atoms with Crippen molar-refractivity contribution in [2.45, 2.75) is 38.8 Å². The number of carboxylic acid groups (broad SMARTS) is 1. The molecule has 5 heteroatoms. The number of hydrogen-bond acceptors (Lipinski definition) is 4. The van der Waals surface area contributed by atoms with E-state index in [-0.39, 0.29) is 6.04 Å². The van der Waals surface area contributed by atoms with E-state index in [2.05, 4.69) is 10.3 Å². The van der Waals surface area contributed by atoms with Crippen molar-refractivity contribution in [3.05, 3.63) is 42.4 Å². The molecule has 0 radical (unpaired) electrons. The van der Waals surface area contributed by atoms with E-state index >= 15 is 0 Å². The summed E-state index contributed by atoms with van der Waals surface area (Å²) in [5, 5.41) is 12.2. The zero-order chi connectivity index (χ0) is 15.2. The molecule has 0 bridgehead atoms. The van der Waals surface area contributed by atoms with Crippen molar-refractivity contribution in [1.29, 1.82) is 0 Å². The van der Waals surface area contributed by atoms with Crippen molar-refractivity contribution in [2.24, 2.45) is 0 Å². The first-order valence-electron chi connectivity index (χ1n) is 7.11. The highest BCUT2D eigenvalue weighted by Crippen LogP contribution is 2.23. The summed E-state index contributed by atoms with van der Waals surface area (Å²) in [5.74, 6) is 0.330. The van der Waals surface area contributed by atoms with Crippen LogP contribution < -0.4 is 5.32 Å². The van der Waals surface area contributed by atoms with Crippen LogP contribution in [0.5, 0.6) is 0 Å². The molecule has 0 saturated heterocycles. The van der Waals surface area contributed by atoms with Gasteiger partial charge in [0, 0.05) is 5.56 Å². The number of rotatable bonds is 7. The average Bonchev–Trinajstić information content (AvgIpc) is 2.97. The summed E-state index contributed by atoms with van der Waals surface area (Å²) in [6, 6.07) is 8.85. The number of nitrogens with zero attached hydrogens (tertiary/aromatic N) is 1. The Kier molecular flexibility index (Phi) is 5.11. The van der Waals surface area contributed by atoms with Crippen molar-refractivity contribution in [3.63, 3.8) is 0 Å². The van der Waals surface area contributed by atoms with E-state index in [1.807, 2.05) is 44.2 Å². The van der Waals surface area contributed by atoms with Crippen molar-refractivity contribution >= 4 is 5.97 Å². The molecule has 1 heterocycles. The van der Waals surface area contributed by atoms with Crippen LogP contribution in [-0.4, -0.2) is 22.1 Å². The minimum atomic E-state index is -0.849. The molecule has 0 fully saturated rings. The molecular weight excluding hydrogens is 268 g/mol. The molecule has 5 nitrogen and oxygen atoms in total. The monoisotopic (exact) mass is 288 g/mol. The average molecular weight is 288 g/mol. The van der Waals surface area contributed by atoms with Crippen LogP contribution in [0.2, 0.25) is 0 Å². The third-order valence-electron chi connectivity index (χ3n) is 3.28. The van der Waals surface area contributed by atoms with Crippen LogP contribution in [0.25, 0.3) is 11.3 Å². The summed E-state index contributed by atoms with van der Waals surface area (Å²) >= 11 is 0. The first-order valence-corrected chi connectivity index (χ1v) is 7.11. The normalized spacial score (nSPS) is 13.8. The van der Waals surface area contributed by atoms with E-state index in [4.69, 9.17) is 9.52 Å². The van der Waals surface area contributed by atoms with Gasteiger partial charge in [0.1, 0.15) is 6.04 Å². The van der Waals surface area contributed by atoms with Crippen molar-refractivity contribution in [2.75, 3.05) is 0 Å². The quantitative estimate of drug-likeness (QED) is 0.818. The van der Waals surface area contributed by atoms with E-state index in [0.29, 0.717) is 18.1 Å². The van der Waals surface area contributed by atoms with E-state index in [1.165, 1.54) is 0 Å². The van der Waals surface area contributed by atoms with E-state index in [0.717, 1.165) is 12.0 Å². The molecular formula is C16H20N2O3. The summed E-state index contributed by atoms with van der Waals surface area (Å²) in [6.45, 7) is 3.81. The number of oxazole rings is 1. The lowest BCUT2D eigenvalue weighted by Gasteiger charge is -2.17. The molecule has 0 aliphatic heterocycles. The molecule has 2 unspecified atom stereocenters. The molecule has 2 atom stereocenters. The molecule has 2 aromatic rings. The maximum absolute atomic E-state index is 11.2. The van der Waals surface area contributed by atoms with Gasteiger partial charge in [-0.1, -0.05) is 43.7 Å². The SMILES string of the molecule is CCCC(NC(C)c1ncc(-c2ccccc2)o1)C(=O)O. The van der Waals surface area contributed by atoms with Crippen LogP contribution in [0.15, 0.2) is 40.9 Å². The number of aromatic nitrogens is 1. The molecule has 1 aromatic heterocycles. The molecule has 1 aromatic carbocycles. The van der Waals surface area contributed by atoms with Gasteiger partial charge < -0.3 is 9.52 Å². The van der Waals surface area contributed by atoms with Gasteiger partial charge in [-0.05, 0) is 13.3 Å². The Bertz CT molecular complexity index is 580. The van der Waals surface area contributed by atoms with Crippen LogP contribution in [0.1, 0.15) is 38.6 Å². The number of aliphatic carboxylic acids is 1. The van der Waals surface area contributed by atoms with Gasteiger partial charge in [-0.25, -0.2) is 4.98 Å². The van der Waals surface area contributed by atoms with Gasteiger partial charge in [0.05, 0.1) is 12.2 Å². The fraction of sp³-hybridized carbons (Fsp3) is 0.375. The van der Waals surface area contributed by atoms with Crippen molar-refractivity contribution in [3.8, 4) is 11.3 Å². The van der Waals surface area contributed by atoms with Crippen LogP contribution in [0.3, 0.4) is 0 Å². The third-order valence-corrected chi connectivity index (χ3v) is 3.28. The molecule has 21 heavy (non-hydrogen) atoms. The molecule has 2 rings (SSSR count). The lowest BCUT2D eigenvalue weighted by Crippen LogP contribution is -2.38. The second-order valence-corrected chi connectivity index (χ2v) is 5.00. The van der Waals surface area contributed by atoms with Gasteiger partial charge in [-0.2, -0.15) is 0 Å². The highest BCUT2D eigenvalue weighted by molar-refractivity contribution is 5.73. The second-order valence-electron chi connectivity index (χ2n) is 5.00. The first kappa shape index (κ1) is 15.3. The predicted octanol–water partition coefficient (Wildman–Crippen LogP) is 3.25. The molecule has 2 N–H and O–H groups in total. The molecule has 0 aliphatic carbocycles. The lowest BCUT2D eigenvalue weighted by molar-refractivity contribution is -0.139. The Morgan fingerprint density at radius 3 is 2.71 bits per heavy atom. The summed E-state index contributed by atoms with van der Waals surface area (Å²) in [5.41, 5.74) is 0.951. The lowest BCUT2D eigenvalue weighted by atomic mass is 10.1. The minimum absolute atomic E-state index is 0.255. The smallest absolute Gasteiger partial charge is 0.320 e. The number of carboxylic acids is 1. The summed E-state index contributed by atoms with van der Waals surface area (Å²) in [7, 11) is 0. The van der Waals surface area contributed by atoms with Crippen molar-refractivity contribution in [1.82, 2.24) is 10.3 Å². The van der Waals surface area contributed by atoms with E-state index < -0.39 is 12.0 Å². The van der Waals surface area contributed by atoms with Crippen LogP contribution >= 0.6 is 0 Å². The summed E-state index contributed by atoms with van der Waals surface area (Å²) in [6.07, 6.45) is 3.04. The van der Waals surface area contributed by atoms with Crippen LogP contribution in [0, 0.1) is 0 Å². The topological polar surface area (TPSA) is 75.4 Å². The molecule has 0 amide bonds. The molecule has 112 valence electrons. The van der Waals surface area contributed by atoms with Gasteiger partial charge in [-0.15, -0.1) is 0 Å². The number of nitrogens with one attached hydrogen (secondary N) is 1. The molecule has 0 saturated carbocycles. The van der Waals surface area contributed by atoms with Gasteiger partial charge in [0.25, 0.3) is 0 Å². The van der Waals surface area contributed by atoms with Crippen molar-refractivity contribution < 1.29 is 14.3 Å². The van der Waals surface area contributed by atoms with Crippen LogP contribution in [-0.2, 0) is 4.79 Å². The fourth-order valence-corrected chi connectivity index (χ4v) is 2.16. The first-order chi connectivity index (χ1) is 10.1. The van der Waals surface area contributed by atoms with Gasteiger partial charge in [-0.3, -0.25) is 10.1 Å². The molecule has 0 aliphatic rings. The van der Waals surface area contributed by atoms with Gasteiger partial charge >= 0.3 is 5.97 Å². The highest BCUT2D eigenvalue weighted by Gasteiger charge is 2.22. The number of hydrogen-bond donors (Lipinski definition) is 2. The standard InChI is InChI=1S/C16H20N2O3/c1-3-7-13(16(19)20)18-11(2)15-17-10-14(21-15)12-8-5-4-6-9-12/h4-6,8-11,13,18H,3,7H2,1-2H3,(H,19,20). The second kappa shape index (κ2) is 7.04. The fourth-order valence-electron chi connectivity index (χ4n) is 2.16. The van der Waals surface area contributed by atoms with Crippen LogP contribution in [0.4, 0.5) is 0 Å². The zero-order valence-electron chi connectivity index (χ0n) is 12.2. The number of carbonyl (C=O) groups is 1. The minimum Gasteiger partial charge on any atom is -0.480 e. The summed E-state index contributed by atoms with van der Waals surface area (Å²) in [4.78, 5) is 15.4. The maximum atomic E-state index is 11.2.